The quantitative estimate of drug-likeness (QED) is 0.747. The van der Waals surface area contributed by atoms with E-state index in [2.05, 4.69) is 21.2 Å². The van der Waals surface area contributed by atoms with Crippen molar-refractivity contribution in [1.82, 2.24) is 0 Å². The lowest BCUT2D eigenvalue weighted by Crippen LogP contribution is -2.08. The zero-order chi connectivity index (χ0) is 15.1. The van der Waals surface area contributed by atoms with Gasteiger partial charge >= 0.3 is 0 Å². The van der Waals surface area contributed by atoms with Gasteiger partial charge in [0.25, 0.3) is 0 Å². The van der Waals surface area contributed by atoms with E-state index in [9.17, 15) is 4.79 Å². The maximum absolute atomic E-state index is 12.0. The van der Waals surface area contributed by atoms with E-state index in [0.29, 0.717) is 19.6 Å². The van der Waals surface area contributed by atoms with E-state index < -0.39 is 0 Å². The second-order valence-electron chi connectivity index (χ2n) is 4.56. The molecule has 110 valence electrons. The molecular weight excluding hydrogens is 330 g/mol. The van der Waals surface area contributed by atoms with E-state index in [1.165, 1.54) is 0 Å². The van der Waals surface area contributed by atoms with Crippen molar-refractivity contribution in [2.24, 2.45) is 0 Å². The number of Topliss-reactive ketones (excluding diaryl/α,β-unsaturated/α-hetero) is 1. The first-order chi connectivity index (χ1) is 10.2. The highest BCUT2D eigenvalue weighted by molar-refractivity contribution is 9.10. The van der Waals surface area contributed by atoms with Crippen molar-refractivity contribution in [3.63, 3.8) is 0 Å². The fourth-order valence-corrected chi connectivity index (χ4v) is 2.20. The van der Waals surface area contributed by atoms with Crippen LogP contribution in [0.2, 0.25) is 0 Å². The minimum absolute atomic E-state index is 0.140. The molecule has 4 heteroatoms. The Balaban J connectivity index is 1.80. The molecule has 0 heterocycles. The van der Waals surface area contributed by atoms with Crippen LogP contribution >= 0.6 is 15.9 Å². The molecule has 0 aliphatic heterocycles. The Morgan fingerprint density at radius 2 is 1.76 bits per heavy atom. The van der Waals surface area contributed by atoms with Gasteiger partial charge in [0.05, 0.1) is 6.61 Å². The van der Waals surface area contributed by atoms with Crippen LogP contribution in [0.5, 0.6) is 5.75 Å². The molecule has 0 bridgehead atoms. The van der Waals surface area contributed by atoms with E-state index in [-0.39, 0.29) is 5.78 Å². The Morgan fingerprint density at radius 1 is 1.10 bits per heavy atom. The summed E-state index contributed by atoms with van der Waals surface area (Å²) in [6.07, 6.45) is 0.467. The first-order valence-electron chi connectivity index (χ1n) is 6.94. The number of benzene rings is 2. The molecule has 0 amide bonds. The monoisotopic (exact) mass is 347 g/mol. The summed E-state index contributed by atoms with van der Waals surface area (Å²) in [5.41, 5.74) is 1.73. The Kier molecular flexibility index (Phi) is 5.81. The van der Waals surface area contributed by atoms with Crippen LogP contribution in [0, 0.1) is 0 Å². The number of hydrogen-bond acceptors (Lipinski definition) is 3. The van der Waals surface area contributed by atoms with Gasteiger partial charge in [-0.1, -0.05) is 28.1 Å². The maximum atomic E-state index is 12.0. The molecule has 0 saturated carbocycles. The van der Waals surface area contributed by atoms with Gasteiger partial charge in [-0.3, -0.25) is 4.79 Å². The Labute approximate surface area is 133 Å². The van der Waals surface area contributed by atoms with Crippen LogP contribution in [0.3, 0.4) is 0 Å². The number of anilines is 1. The third-order valence-electron chi connectivity index (χ3n) is 3.01. The number of nitrogens with one attached hydrogen (secondary N) is 1. The lowest BCUT2D eigenvalue weighted by atomic mass is 10.1. The molecule has 0 aliphatic rings. The molecule has 0 fully saturated rings. The molecule has 0 unspecified atom stereocenters. The van der Waals surface area contributed by atoms with Gasteiger partial charge in [-0.2, -0.15) is 0 Å². The van der Waals surface area contributed by atoms with Crippen molar-refractivity contribution in [2.45, 2.75) is 13.3 Å². The average molecular weight is 348 g/mol. The first kappa shape index (κ1) is 15.6. The second kappa shape index (κ2) is 7.84. The minimum Gasteiger partial charge on any atom is -0.494 e. The topological polar surface area (TPSA) is 38.3 Å². The summed E-state index contributed by atoms with van der Waals surface area (Å²) in [6.45, 7) is 3.23. The van der Waals surface area contributed by atoms with Crippen molar-refractivity contribution < 1.29 is 9.53 Å². The molecule has 2 aromatic rings. The van der Waals surface area contributed by atoms with Crippen molar-refractivity contribution in [3.8, 4) is 5.75 Å². The van der Waals surface area contributed by atoms with Crippen LogP contribution in [-0.2, 0) is 0 Å². The van der Waals surface area contributed by atoms with Gasteiger partial charge < -0.3 is 10.1 Å². The average Bonchev–Trinajstić information content (AvgIpc) is 2.50. The fraction of sp³-hybridized carbons (Fsp3) is 0.235. The summed E-state index contributed by atoms with van der Waals surface area (Å²) in [4.78, 5) is 12.0. The van der Waals surface area contributed by atoms with Crippen LogP contribution in [0.4, 0.5) is 5.69 Å². The molecule has 2 aromatic carbocycles. The first-order valence-corrected chi connectivity index (χ1v) is 7.74. The molecule has 0 spiro atoms. The molecule has 0 saturated heterocycles. The smallest absolute Gasteiger partial charge is 0.164 e. The molecule has 0 aromatic heterocycles. The van der Waals surface area contributed by atoms with Gasteiger partial charge in [0.15, 0.2) is 5.78 Å². The van der Waals surface area contributed by atoms with Crippen molar-refractivity contribution >= 4 is 27.4 Å². The van der Waals surface area contributed by atoms with Gasteiger partial charge in [-0.25, -0.2) is 0 Å². The number of ether oxygens (including phenoxy) is 1. The van der Waals surface area contributed by atoms with Crippen molar-refractivity contribution in [2.75, 3.05) is 18.5 Å². The molecule has 0 aliphatic carbocycles. The number of hydrogen-bond donors (Lipinski definition) is 1. The number of carbonyl (C=O) groups is 1. The summed E-state index contributed by atoms with van der Waals surface area (Å²) in [5, 5.41) is 3.24. The highest BCUT2D eigenvalue weighted by Gasteiger charge is 2.05. The van der Waals surface area contributed by atoms with Gasteiger partial charge in [-0.05, 0) is 43.3 Å². The van der Waals surface area contributed by atoms with Crippen LogP contribution < -0.4 is 10.1 Å². The predicted molar refractivity (Wildman–Crippen MR) is 89.2 cm³/mol. The van der Waals surface area contributed by atoms with Crippen molar-refractivity contribution in [3.05, 3.63) is 58.6 Å². The SMILES string of the molecule is CCOc1ccc(NCCC(=O)c2ccc(Br)cc2)cc1. The molecule has 3 nitrogen and oxygen atoms in total. The third-order valence-corrected chi connectivity index (χ3v) is 3.54. The molecule has 1 N–H and O–H groups in total. The van der Waals surface area contributed by atoms with Crippen LogP contribution in [0.1, 0.15) is 23.7 Å². The van der Waals surface area contributed by atoms with E-state index in [4.69, 9.17) is 4.74 Å². The Bertz CT molecular complexity index is 579. The summed E-state index contributed by atoms with van der Waals surface area (Å²) in [6, 6.07) is 15.2. The second-order valence-corrected chi connectivity index (χ2v) is 5.48. The number of carbonyl (C=O) groups excluding carboxylic acids is 1. The van der Waals surface area contributed by atoms with Gasteiger partial charge in [0.2, 0.25) is 0 Å². The summed E-state index contributed by atoms with van der Waals surface area (Å²) in [7, 11) is 0. The molecule has 21 heavy (non-hydrogen) atoms. The van der Waals surface area contributed by atoms with E-state index >= 15 is 0 Å². The molecular formula is C17H18BrNO2. The standard InChI is InChI=1S/C17H18BrNO2/c1-2-21-16-9-7-15(8-10-16)19-12-11-17(20)13-3-5-14(18)6-4-13/h3-10,19H,2,11-12H2,1H3. The van der Waals surface area contributed by atoms with Crippen LogP contribution in [-0.4, -0.2) is 18.9 Å². The lowest BCUT2D eigenvalue weighted by molar-refractivity contribution is 0.0986. The minimum atomic E-state index is 0.140. The number of rotatable bonds is 7. The lowest BCUT2D eigenvalue weighted by Gasteiger charge is -2.08. The zero-order valence-electron chi connectivity index (χ0n) is 11.9. The normalized spacial score (nSPS) is 10.2. The summed E-state index contributed by atoms with van der Waals surface area (Å²) >= 11 is 3.36. The van der Waals surface area contributed by atoms with E-state index in [1.807, 2.05) is 55.5 Å². The summed E-state index contributed by atoms with van der Waals surface area (Å²) < 4.78 is 6.36. The number of ketones is 1. The maximum Gasteiger partial charge on any atom is 0.164 e. The Morgan fingerprint density at radius 3 is 2.38 bits per heavy atom. The molecule has 0 radical (unpaired) electrons. The largest absolute Gasteiger partial charge is 0.494 e. The van der Waals surface area contributed by atoms with E-state index in [1.54, 1.807) is 0 Å². The highest BCUT2D eigenvalue weighted by atomic mass is 79.9. The number of halogens is 1. The van der Waals surface area contributed by atoms with Crippen molar-refractivity contribution in [1.29, 1.82) is 0 Å². The zero-order valence-corrected chi connectivity index (χ0v) is 13.5. The van der Waals surface area contributed by atoms with Gasteiger partial charge in [0.1, 0.15) is 5.75 Å². The van der Waals surface area contributed by atoms with Crippen LogP contribution in [0.25, 0.3) is 0 Å². The summed E-state index contributed by atoms with van der Waals surface area (Å²) in [5.74, 6) is 0.995. The van der Waals surface area contributed by atoms with Crippen LogP contribution in [0.15, 0.2) is 53.0 Å². The fourth-order valence-electron chi connectivity index (χ4n) is 1.94. The van der Waals surface area contributed by atoms with E-state index in [0.717, 1.165) is 21.5 Å². The molecule has 2 rings (SSSR count). The van der Waals surface area contributed by atoms with Gasteiger partial charge in [-0.15, -0.1) is 0 Å². The predicted octanol–water partition coefficient (Wildman–Crippen LogP) is 4.53. The molecule has 0 atom stereocenters. The Hall–Kier alpha value is -1.81. The third kappa shape index (κ3) is 4.90. The van der Waals surface area contributed by atoms with Gasteiger partial charge in [0, 0.05) is 28.7 Å². The highest BCUT2D eigenvalue weighted by Crippen LogP contribution is 2.16.